The number of amides is 5. The Morgan fingerprint density at radius 3 is 2.09 bits per heavy atom. The molecule has 4 aliphatic rings. The molecule has 0 radical (unpaired) electrons. The molecular weight excluding hydrogens is 444 g/mol. The number of carbonyl (C=O) groups is 4. The number of nitrogens with one attached hydrogen (secondary N) is 3. The van der Waals surface area contributed by atoms with Crippen LogP contribution in [0.5, 0.6) is 0 Å². The number of imide groups is 2. The van der Waals surface area contributed by atoms with Crippen molar-refractivity contribution in [2.75, 3.05) is 6.54 Å². The number of hydrogen-bond acceptors (Lipinski definition) is 5. The van der Waals surface area contributed by atoms with E-state index in [0.29, 0.717) is 6.54 Å². The van der Waals surface area contributed by atoms with Gasteiger partial charge >= 0.3 is 6.03 Å². The van der Waals surface area contributed by atoms with Crippen LogP contribution in [0, 0.1) is 5.92 Å². The number of hydrogen-bond donors (Lipinski definition) is 3. The highest BCUT2D eigenvalue weighted by Crippen LogP contribution is 2.83. The van der Waals surface area contributed by atoms with E-state index in [9.17, 15) is 19.2 Å². The van der Waals surface area contributed by atoms with E-state index < -0.39 is 40.1 Å². The summed E-state index contributed by atoms with van der Waals surface area (Å²) in [4.78, 5) is 56.2. The van der Waals surface area contributed by atoms with Gasteiger partial charge in [0.1, 0.15) is 0 Å². The molecule has 2 aromatic rings. The van der Waals surface area contributed by atoms with Crippen LogP contribution in [0.1, 0.15) is 37.8 Å². The van der Waals surface area contributed by atoms with Gasteiger partial charge < -0.3 is 5.32 Å². The summed E-state index contributed by atoms with van der Waals surface area (Å²) in [6, 6.07) is 18.1. The van der Waals surface area contributed by atoms with Crippen LogP contribution >= 0.6 is 0 Å². The molecule has 0 aromatic heterocycles. The second kappa shape index (κ2) is 7.24. The molecule has 0 bridgehead atoms. The Hall–Kier alpha value is -3.52. The first-order valence-corrected chi connectivity index (χ1v) is 12.2. The fourth-order valence-corrected chi connectivity index (χ4v) is 7.86. The van der Waals surface area contributed by atoms with E-state index in [0.717, 1.165) is 24.0 Å². The summed E-state index contributed by atoms with van der Waals surface area (Å²) in [6.07, 6.45) is 1.53. The van der Waals surface area contributed by atoms with Gasteiger partial charge in [0.25, 0.3) is 11.8 Å². The quantitative estimate of drug-likeness (QED) is 0.586. The van der Waals surface area contributed by atoms with Gasteiger partial charge in [0.15, 0.2) is 5.54 Å². The second-order valence-electron chi connectivity index (χ2n) is 10.3. The molecule has 6 rings (SSSR count). The van der Waals surface area contributed by atoms with E-state index in [1.54, 1.807) is 0 Å². The molecule has 3 N–H and O–H groups in total. The number of piperidine rings is 1. The van der Waals surface area contributed by atoms with Crippen molar-refractivity contribution in [2.45, 2.75) is 55.1 Å². The molecule has 1 aliphatic carbocycles. The third-order valence-electron chi connectivity index (χ3n) is 8.52. The van der Waals surface area contributed by atoms with Crippen LogP contribution in [0.3, 0.4) is 0 Å². The average Bonchev–Trinajstić information content (AvgIpc) is 3.07. The zero-order chi connectivity index (χ0) is 24.6. The zero-order valence-corrected chi connectivity index (χ0v) is 19.7. The third kappa shape index (κ3) is 2.35. The molecule has 1 spiro atoms. The van der Waals surface area contributed by atoms with E-state index in [1.165, 1.54) is 0 Å². The van der Waals surface area contributed by atoms with E-state index in [1.807, 2.05) is 79.4 Å². The van der Waals surface area contributed by atoms with Crippen molar-refractivity contribution in [1.82, 2.24) is 20.9 Å². The van der Waals surface area contributed by atoms with Gasteiger partial charge in [-0.1, -0.05) is 60.7 Å². The number of rotatable bonds is 4. The minimum atomic E-state index is -1.74. The molecule has 8 nitrogen and oxygen atoms in total. The van der Waals surface area contributed by atoms with Crippen LogP contribution in [-0.4, -0.2) is 52.8 Å². The molecule has 4 atom stereocenters. The van der Waals surface area contributed by atoms with Crippen molar-refractivity contribution >= 4 is 23.8 Å². The SMILES string of the molecule is CC(C)NC(=O)[C@@H]1[C@@]2(c3ccccc3)[C@H]3CCCN3C3(C(=O)NC(=O)NC3=O)[C@@]12c1ccccc1. The van der Waals surface area contributed by atoms with Crippen molar-refractivity contribution in [2.24, 2.45) is 5.92 Å². The highest BCUT2D eigenvalue weighted by atomic mass is 16.2. The molecule has 3 aliphatic heterocycles. The lowest BCUT2D eigenvalue weighted by Gasteiger charge is -2.45. The van der Waals surface area contributed by atoms with Gasteiger partial charge in [0.2, 0.25) is 5.91 Å². The Morgan fingerprint density at radius 2 is 1.51 bits per heavy atom. The Bertz CT molecular complexity index is 1230. The van der Waals surface area contributed by atoms with E-state index >= 15 is 0 Å². The summed E-state index contributed by atoms with van der Waals surface area (Å²) in [6.45, 7) is 4.33. The van der Waals surface area contributed by atoms with Crippen LogP contribution < -0.4 is 16.0 Å². The monoisotopic (exact) mass is 472 g/mol. The summed E-state index contributed by atoms with van der Waals surface area (Å²) in [5.41, 5.74) is -2.07. The minimum Gasteiger partial charge on any atom is -0.354 e. The summed E-state index contributed by atoms with van der Waals surface area (Å²) < 4.78 is 0. The standard InChI is InChI=1S/C27H28N4O4/c1-16(2)28-21(32)20-25(17-10-5-3-6-11-17)19-14-9-15-31(19)27(22(33)29-24(35)30-23(27)34)26(20,25)18-12-7-4-8-13-18/h3-8,10-13,16,19-20H,9,14-15H2,1-2H3,(H,28,32)(H2,29,30,33,34,35)/t19-,20-,25-,26+/m1/s1. The van der Waals surface area contributed by atoms with Crippen molar-refractivity contribution in [1.29, 1.82) is 0 Å². The van der Waals surface area contributed by atoms with Crippen LogP contribution in [0.4, 0.5) is 4.79 Å². The molecule has 35 heavy (non-hydrogen) atoms. The topological polar surface area (TPSA) is 108 Å². The summed E-state index contributed by atoms with van der Waals surface area (Å²) >= 11 is 0. The first kappa shape index (κ1) is 22.0. The predicted molar refractivity (Wildman–Crippen MR) is 127 cm³/mol. The lowest BCUT2D eigenvalue weighted by Crippen LogP contribution is -2.76. The normalized spacial score (nSPS) is 32.7. The maximum absolute atomic E-state index is 14.0. The molecule has 0 unspecified atom stereocenters. The number of benzene rings is 2. The summed E-state index contributed by atoms with van der Waals surface area (Å²) in [5.74, 6) is -2.17. The lowest BCUT2D eigenvalue weighted by molar-refractivity contribution is -0.149. The van der Waals surface area contributed by atoms with Crippen LogP contribution in [0.2, 0.25) is 0 Å². The predicted octanol–water partition coefficient (Wildman–Crippen LogP) is 1.60. The average molecular weight is 473 g/mol. The lowest BCUT2D eigenvalue weighted by atomic mass is 9.68. The van der Waals surface area contributed by atoms with Crippen LogP contribution in [-0.2, 0) is 25.2 Å². The number of barbiturate groups is 1. The maximum Gasteiger partial charge on any atom is 0.328 e. The minimum absolute atomic E-state index is 0.115. The fourth-order valence-electron chi connectivity index (χ4n) is 7.86. The van der Waals surface area contributed by atoms with Crippen molar-refractivity contribution in [3.05, 3.63) is 71.8 Å². The fraction of sp³-hybridized carbons (Fsp3) is 0.407. The Kier molecular flexibility index (Phi) is 4.55. The maximum atomic E-state index is 14.0. The Balaban J connectivity index is 1.73. The van der Waals surface area contributed by atoms with Crippen molar-refractivity contribution in [3.8, 4) is 0 Å². The molecular formula is C27H28N4O4. The summed E-state index contributed by atoms with van der Waals surface area (Å²) in [5, 5.41) is 7.86. The van der Waals surface area contributed by atoms with Gasteiger partial charge in [-0.05, 0) is 37.8 Å². The number of nitrogens with zero attached hydrogens (tertiary/aromatic N) is 1. The van der Waals surface area contributed by atoms with Crippen molar-refractivity contribution in [3.63, 3.8) is 0 Å². The van der Waals surface area contributed by atoms with E-state index in [2.05, 4.69) is 16.0 Å². The number of urea groups is 1. The van der Waals surface area contributed by atoms with E-state index in [4.69, 9.17) is 0 Å². The zero-order valence-electron chi connectivity index (χ0n) is 19.7. The van der Waals surface area contributed by atoms with Gasteiger partial charge in [-0.25, -0.2) is 4.79 Å². The van der Waals surface area contributed by atoms with Gasteiger partial charge in [-0.2, -0.15) is 0 Å². The van der Waals surface area contributed by atoms with Crippen molar-refractivity contribution < 1.29 is 19.2 Å². The highest BCUT2D eigenvalue weighted by Gasteiger charge is 2.98. The van der Waals surface area contributed by atoms with E-state index in [-0.39, 0.29) is 18.0 Å². The van der Waals surface area contributed by atoms with Gasteiger partial charge in [-0.15, -0.1) is 0 Å². The first-order valence-electron chi connectivity index (χ1n) is 12.2. The molecule has 3 heterocycles. The largest absolute Gasteiger partial charge is 0.354 e. The number of fused-ring (bicyclic) bond motifs is 5. The summed E-state index contributed by atoms with van der Waals surface area (Å²) in [7, 11) is 0. The second-order valence-corrected chi connectivity index (χ2v) is 10.3. The Morgan fingerprint density at radius 1 is 0.943 bits per heavy atom. The molecule has 2 aromatic carbocycles. The molecule has 5 amide bonds. The molecule has 4 fully saturated rings. The smallest absolute Gasteiger partial charge is 0.328 e. The first-order chi connectivity index (χ1) is 16.8. The molecule has 8 heteroatoms. The van der Waals surface area contributed by atoms with Gasteiger partial charge in [-0.3, -0.25) is 29.9 Å². The van der Waals surface area contributed by atoms with Crippen LogP contribution in [0.25, 0.3) is 0 Å². The third-order valence-corrected chi connectivity index (χ3v) is 8.52. The molecule has 3 saturated heterocycles. The highest BCUT2D eigenvalue weighted by molar-refractivity contribution is 6.26. The van der Waals surface area contributed by atoms with Gasteiger partial charge in [0.05, 0.1) is 11.3 Å². The van der Waals surface area contributed by atoms with Crippen LogP contribution in [0.15, 0.2) is 60.7 Å². The Labute approximate surface area is 203 Å². The van der Waals surface area contributed by atoms with Gasteiger partial charge in [0, 0.05) is 24.0 Å². The molecule has 180 valence electrons. The number of carbonyl (C=O) groups excluding carboxylic acids is 4. The molecule has 1 saturated carbocycles.